The van der Waals surface area contributed by atoms with Gasteiger partial charge in [0.05, 0.1) is 6.42 Å². The zero-order valence-corrected chi connectivity index (χ0v) is 10.7. The first-order chi connectivity index (χ1) is 7.56. The number of halogens is 1. The molecule has 0 spiro atoms. The summed E-state index contributed by atoms with van der Waals surface area (Å²) in [6, 6.07) is -0.658. The number of carbonyl (C=O) groups is 3. The van der Waals surface area contributed by atoms with Crippen molar-refractivity contribution in [3.63, 3.8) is 0 Å². The van der Waals surface area contributed by atoms with Crippen LogP contribution >= 0.6 is 15.9 Å². The van der Waals surface area contributed by atoms with Crippen LogP contribution in [0.15, 0.2) is 0 Å². The Bertz CT molecular complexity index is 306. The molecule has 16 heavy (non-hydrogen) atoms. The average Bonchev–Trinajstić information content (AvgIpc) is 2.47. The Morgan fingerprint density at radius 2 is 2.19 bits per heavy atom. The van der Waals surface area contributed by atoms with Gasteiger partial charge in [-0.25, -0.2) is 0 Å². The molecule has 1 aliphatic rings. The van der Waals surface area contributed by atoms with Gasteiger partial charge in [-0.15, -0.1) is 0 Å². The van der Waals surface area contributed by atoms with Gasteiger partial charge in [0, 0.05) is 18.8 Å². The van der Waals surface area contributed by atoms with Crippen molar-refractivity contribution in [3.8, 4) is 0 Å². The fourth-order valence-electron chi connectivity index (χ4n) is 1.51. The SMILES string of the molecule is CN1C(=O)CC(NC(=O)CCCCBr)C1=O. The Kier molecular flexibility index (Phi) is 4.92. The third-order valence-corrected chi connectivity index (χ3v) is 3.06. The fourth-order valence-corrected chi connectivity index (χ4v) is 1.91. The maximum absolute atomic E-state index is 11.5. The lowest BCUT2D eigenvalue weighted by molar-refractivity contribution is -0.138. The molecule has 0 aromatic heterocycles. The molecule has 1 aliphatic heterocycles. The maximum atomic E-state index is 11.5. The molecule has 0 aliphatic carbocycles. The first-order valence-corrected chi connectivity index (χ1v) is 6.34. The Labute approximate surface area is 103 Å². The quantitative estimate of drug-likeness (QED) is 0.454. The molecule has 0 saturated carbocycles. The molecule has 0 aromatic rings. The number of likely N-dealkylation sites (N-methyl/N-ethyl adjacent to an activating group) is 1. The van der Waals surface area contributed by atoms with E-state index in [1.54, 1.807) is 0 Å². The summed E-state index contributed by atoms with van der Waals surface area (Å²) in [7, 11) is 1.43. The second-order valence-corrected chi connectivity index (χ2v) is 4.55. The number of amides is 3. The van der Waals surface area contributed by atoms with Crippen molar-refractivity contribution in [2.75, 3.05) is 12.4 Å². The number of likely N-dealkylation sites (tertiary alicyclic amines) is 1. The zero-order chi connectivity index (χ0) is 12.1. The van der Waals surface area contributed by atoms with Crippen LogP contribution in [0.2, 0.25) is 0 Å². The Morgan fingerprint density at radius 3 is 2.69 bits per heavy atom. The molecule has 0 aromatic carbocycles. The van der Waals surface area contributed by atoms with Gasteiger partial charge in [0.15, 0.2) is 0 Å². The van der Waals surface area contributed by atoms with E-state index < -0.39 is 6.04 Å². The molecule has 0 radical (unpaired) electrons. The first-order valence-electron chi connectivity index (χ1n) is 5.22. The summed E-state index contributed by atoms with van der Waals surface area (Å²) in [6.07, 6.45) is 2.18. The standard InChI is InChI=1S/C10H15BrN2O3/c1-13-9(15)6-7(10(13)16)12-8(14)4-2-3-5-11/h7H,2-6H2,1H3,(H,12,14). The summed E-state index contributed by atoms with van der Waals surface area (Å²) in [5.41, 5.74) is 0. The normalized spacial score (nSPS) is 20.4. The lowest BCUT2D eigenvalue weighted by atomic mass is 10.2. The predicted octanol–water partition coefficient (Wildman–Crippen LogP) is 0.425. The number of carbonyl (C=O) groups excluding carboxylic acids is 3. The van der Waals surface area contributed by atoms with Crippen LogP contribution in [-0.2, 0) is 14.4 Å². The molecular weight excluding hydrogens is 276 g/mol. The molecule has 1 atom stereocenters. The molecular formula is C10H15BrN2O3. The highest BCUT2D eigenvalue weighted by molar-refractivity contribution is 9.09. The van der Waals surface area contributed by atoms with Gasteiger partial charge in [-0.2, -0.15) is 0 Å². The number of nitrogens with one attached hydrogen (secondary N) is 1. The number of unbranched alkanes of at least 4 members (excludes halogenated alkanes) is 1. The summed E-state index contributed by atoms with van der Waals surface area (Å²) in [5.74, 6) is -0.725. The van der Waals surface area contributed by atoms with E-state index >= 15 is 0 Å². The largest absolute Gasteiger partial charge is 0.344 e. The maximum Gasteiger partial charge on any atom is 0.252 e. The third-order valence-electron chi connectivity index (χ3n) is 2.50. The number of imide groups is 1. The van der Waals surface area contributed by atoms with E-state index in [4.69, 9.17) is 0 Å². The second-order valence-electron chi connectivity index (χ2n) is 3.76. The van der Waals surface area contributed by atoms with E-state index in [9.17, 15) is 14.4 Å². The van der Waals surface area contributed by atoms with Crippen LogP contribution in [-0.4, -0.2) is 41.0 Å². The minimum Gasteiger partial charge on any atom is -0.344 e. The van der Waals surface area contributed by atoms with Crippen molar-refractivity contribution in [1.82, 2.24) is 10.2 Å². The summed E-state index contributed by atoms with van der Waals surface area (Å²) in [4.78, 5) is 35.1. The highest BCUT2D eigenvalue weighted by atomic mass is 79.9. The van der Waals surface area contributed by atoms with E-state index in [2.05, 4.69) is 21.2 Å². The van der Waals surface area contributed by atoms with Crippen molar-refractivity contribution in [3.05, 3.63) is 0 Å². The van der Waals surface area contributed by atoms with Crippen molar-refractivity contribution in [2.24, 2.45) is 0 Å². The molecule has 90 valence electrons. The lowest BCUT2D eigenvalue weighted by Crippen LogP contribution is -2.40. The van der Waals surface area contributed by atoms with Gasteiger partial charge in [-0.1, -0.05) is 15.9 Å². The Hall–Kier alpha value is -0.910. The topological polar surface area (TPSA) is 66.5 Å². The fraction of sp³-hybridized carbons (Fsp3) is 0.700. The molecule has 6 heteroatoms. The van der Waals surface area contributed by atoms with E-state index in [1.165, 1.54) is 7.05 Å². The van der Waals surface area contributed by atoms with Gasteiger partial charge in [0.1, 0.15) is 6.04 Å². The number of nitrogens with zero attached hydrogens (tertiary/aromatic N) is 1. The van der Waals surface area contributed by atoms with Crippen molar-refractivity contribution < 1.29 is 14.4 Å². The van der Waals surface area contributed by atoms with E-state index in [0.29, 0.717) is 6.42 Å². The minimum absolute atomic E-state index is 0.0829. The minimum atomic E-state index is -0.658. The van der Waals surface area contributed by atoms with Gasteiger partial charge in [0.25, 0.3) is 5.91 Å². The Balaban J connectivity index is 2.35. The van der Waals surface area contributed by atoms with Gasteiger partial charge in [0.2, 0.25) is 11.8 Å². The van der Waals surface area contributed by atoms with Crippen LogP contribution in [0, 0.1) is 0 Å². The predicted molar refractivity (Wildman–Crippen MR) is 62.0 cm³/mol. The van der Waals surface area contributed by atoms with Crippen LogP contribution in [0.5, 0.6) is 0 Å². The second kappa shape index (κ2) is 5.98. The highest BCUT2D eigenvalue weighted by Crippen LogP contribution is 2.10. The van der Waals surface area contributed by atoms with Crippen LogP contribution in [0.1, 0.15) is 25.7 Å². The monoisotopic (exact) mass is 290 g/mol. The first kappa shape index (κ1) is 13.2. The molecule has 1 saturated heterocycles. The summed E-state index contributed by atoms with van der Waals surface area (Å²) in [6.45, 7) is 0. The molecule has 1 rings (SSSR count). The summed E-state index contributed by atoms with van der Waals surface area (Å²) < 4.78 is 0. The van der Waals surface area contributed by atoms with Gasteiger partial charge in [-0.3, -0.25) is 19.3 Å². The molecule has 1 N–H and O–H groups in total. The number of rotatable bonds is 5. The van der Waals surface area contributed by atoms with Crippen molar-refractivity contribution >= 4 is 33.7 Å². The molecule has 1 fully saturated rings. The van der Waals surface area contributed by atoms with Crippen molar-refractivity contribution in [2.45, 2.75) is 31.7 Å². The number of alkyl halides is 1. The van der Waals surface area contributed by atoms with E-state index in [0.717, 1.165) is 23.1 Å². The third kappa shape index (κ3) is 3.30. The zero-order valence-electron chi connectivity index (χ0n) is 9.16. The molecule has 0 bridgehead atoms. The molecule has 3 amide bonds. The van der Waals surface area contributed by atoms with Gasteiger partial charge < -0.3 is 5.32 Å². The van der Waals surface area contributed by atoms with Crippen LogP contribution in [0.4, 0.5) is 0 Å². The average molecular weight is 291 g/mol. The van der Waals surface area contributed by atoms with Crippen molar-refractivity contribution in [1.29, 1.82) is 0 Å². The molecule has 1 unspecified atom stereocenters. The van der Waals surface area contributed by atoms with Crippen LogP contribution in [0.25, 0.3) is 0 Å². The summed E-state index contributed by atoms with van der Waals surface area (Å²) in [5, 5.41) is 3.45. The Morgan fingerprint density at radius 1 is 1.50 bits per heavy atom. The van der Waals surface area contributed by atoms with Gasteiger partial charge >= 0.3 is 0 Å². The summed E-state index contributed by atoms with van der Waals surface area (Å²) >= 11 is 3.28. The molecule has 5 nitrogen and oxygen atoms in total. The number of hydrogen-bond donors (Lipinski definition) is 1. The van der Waals surface area contributed by atoms with E-state index in [-0.39, 0.29) is 24.1 Å². The van der Waals surface area contributed by atoms with Crippen LogP contribution in [0.3, 0.4) is 0 Å². The van der Waals surface area contributed by atoms with E-state index in [1.807, 2.05) is 0 Å². The van der Waals surface area contributed by atoms with Crippen LogP contribution < -0.4 is 5.32 Å². The highest BCUT2D eigenvalue weighted by Gasteiger charge is 2.36. The molecule has 1 heterocycles. The smallest absolute Gasteiger partial charge is 0.252 e. The van der Waals surface area contributed by atoms with Gasteiger partial charge in [-0.05, 0) is 12.8 Å². The number of hydrogen-bond acceptors (Lipinski definition) is 3. The lowest BCUT2D eigenvalue weighted by Gasteiger charge is -2.10.